The van der Waals surface area contributed by atoms with Gasteiger partial charge in [0.1, 0.15) is 11.3 Å². The molecule has 1 amide bonds. The third-order valence-electron chi connectivity index (χ3n) is 4.44. The van der Waals surface area contributed by atoms with E-state index in [1.807, 2.05) is 37.2 Å². The fraction of sp³-hybridized carbons (Fsp3) is 0.238. The Morgan fingerprint density at radius 3 is 2.83 bits per heavy atom. The van der Waals surface area contributed by atoms with E-state index in [-0.39, 0.29) is 24.0 Å². The molecule has 0 aliphatic carbocycles. The zero-order valence-electron chi connectivity index (χ0n) is 16.1. The molecular weight excluding hydrogens is 393 g/mol. The van der Waals surface area contributed by atoms with E-state index in [0.29, 0.717) is 34.4 Å². The average Bonchev–Trinajstić information content (AvgIpc) is 3.33. The standard InChI is InChI=1S/C21H20FN3O3S/c1-24(2)10-11-25(21-23-20-15(22)4-3-5-18(20)29-21)19(26)9-7-14-6-8-16-17(12-14)28-13-27-16/h3-9,12H,10-11,13H2,1-2H3/b9-7+. The topological polar surface area (TPSA) is 54.9 Å². The van der Waals surface area contributed by atoms with Gasteiger partial charge in [0.2, 0.25) is 6.79 Å². The zero-order valence-corrected chi connectivity index (χ0v) is 16.9. The van der Waals surface area contributed by atoms with Crippen LogP contribution in [0, 0.1) is 5.82 Å². The lowest BCUT2D eigenvalue weighted by Gasteiger charge is -2.20. The van der Waals surface area contributed by atoms with Gasteiger partial charge in [0, 0.05) is 19.2 Å². The van der Waals surface area contributed by atoms with E-state index in [4.69, 9.17) is 9.47 Å². The maximum Gasteiger partial charge on any atom is 0.252 e. The summed E-state index contributed by atoms with van der Waals surface area (Å²) in [7, 11) is 3.87. The molecule has 150 valence electrons. The number of carbonyl (C=O) groups excluding carboxylic acids is 1. The van der Waals surface area contributed by atoms with E-state index < -0.39 is 0 Å². The highest BCUT2D eigenvalue weighted by atomic mass is 32.1. The Balaban J connectivity index is 1.59. The number of rotatable bonds is 6. The van der Waals surface area contributed by atoms with Crippen LogP contribution in [0.15, 0.2) is 42.5 Å². The zero-order chi connectivity index (χ0) is 20.4. The molecule has 4 rings (SSSR count). The van der Waals surface area contributed by atoms with Crippen molar-refractivity contribution in [2.75, 3.05) is 38.9 Å². The van der Waals surface area contributed by atoms with Gasteiger partial charge in [0.25, 0.3) is 5.91 Å². The summed E-state index contributed by atoms with van der Waals surface area (Å²) in [5.41, 5.74) is 1.11. The summed E-state index contributed by atoms with van der Waals surface area (Å²) in [6.07, 6.45) is 3.22. The molecule has 3 aromatic rings. The van der Waals surface area contributed by atoms with E-state index in [0.717, 1.165) is 5.56 Å². The quantitative estimate of drug-likeness (QED) is 0.576. The van der Waals surface area contributed by atoms with E-state index in [2.05, 4.69) is 4.98 Å². The molecule has 1 aliphatic heterocycles. The van der Waals surface area contributed by atoms with Crippen molar-refractivity contribution in [3.63, 3.8) is 0 Å². The minimum absolute atomic E-state index is 0.202. The Hall–Kier alpha value is -2.97. The lowest BCUT2D eigenvalue weighted by Crippen LogP contribution is -2.35. The Kier molecular flexibility index (Phi) is 5.46. The molecule has 0 spiro atoms. The summed E-state index contributed by atoms with van der Waals surface area (Å²) < 4.78 is 25.4. The highest BCUT2D eigenvalue weighted by Crippen LogP contribution is 2.33. The number of halogens is 1. The summed E-state index contributed by atoms with van der Waals surface area (Å²) in [4.78, 5) is 20.9. The van der Waals surface area contributed by atoms with Gasteiger partial charge >= 0.3 is 0 Å². The SMILES string of the molecule is CN(C)CCN(C(=O)/C=C/c1ccc2c(c1)OCO2)c1nc2c(F)cccc2s1. The highest BCUT2D eigenvalue weighted by molar-refractivity contribution is 7.22. The van der Waals surface area contributed by atoms with E-state index in [9.17, 15) is 9.18 Å². The first kappa shape index (κ1) is 19.4. The minimum Gasteiger partial charge on any atom is -0.454 e. The van der Waals surface area contributed by atoms with Crippen molar-refractivity contribution in [2.24, 2.45) is 0 Å². The third kappa shape index (κ3) is 4.23. The number of carbonyl (C=O) groups is 1. The van der Waals surface area contributed by atoms with E-state index in [1.165, 1.54) is 23.5 Å². The van der Waals surface area contributed by atoms with Crippen LogP contribution < -0.4 is 14.4 Å². The number of hydrogen-bond acceptors (Lipinski definition) is 6. The number of para-hydroxylation sites is 1. The van der Waals surface area contributed by atoms with Crippen LogP contribution in [-0.2, 0) is 4.79 Å². The van der Waals surface area contributed by atoms with Crippen molar-refractivity contribution >= 4 is 38.7 Å². The molecule has 1 aromatic heterocycles. The van der Waals surface area contributed by atoms with Crippen LogP contribution in [0.4, 0.5) is 9.52 Å². The van der Waals surface area contributed by atoms with Crippen LogP contribution in [-0.4, -0.2) is 49.8 Å². The van der Waals surface area contributed by atoms with Gasteiger partial charge in [-0.3, -0.25) is 9.69 Å². The lowest BCUT2D eigenvalue weighted by molar-refractivity contribution is -0.114. The first-order valence-electron chi connectivity index (χ1n) is 9.10. The number of nitrogens with zero attached hydrogens (tertiary/aromatic N) is 3. The Bertz CT molecular complexity index is 1080. The first-order valence-corrected chi connectivity index (χ1v) is 9.92. The van der Waals surface area contributed by atoms with Gasteiger partial charge in [-0.05, 0) is 50.0 Å². The van der Waals surface area contributed by atoms with Gasteiger partial charge in [0.05, 0.1) is 4.70 Å². The summed E-state index contributed by atoms with van der Waals surface area (Å²) in [6.45, 7) is 1.30. The maximum absolute atomic E-state index is 14.1. The largest absolute Gasteiger partial charge is 0.454 e. The number of hydrogen-bond donors (Lipinski definition) is 0. The molecule has 0 atom stereocenters. The van der Waals surface area contributed by atoms with Gasteiger partial charge in [0.15, 0.2) is 16.6 Å². The van der Waals surface area contributed by atoms with Crippen LogP contribution >= 0.6 is 11.3 Å². The molecule has 2 heterocycles. The second kappa shape index (κ2) is 8.18. The predicted molar refractivity (Wildman–Crippen MR) is 112 cm³/mol. The average molecular weight is 413 g/mol. The molecule has 2 aromatic carbocycles. The molecule has 0 fully saturated rings. The number of ether oxygens (including phenoxy) is 2. The number of thiazole rings is 1. The number of amides is 1. The molecular formula is C21H20FN3O3S. The maximum atomic E-state index is 14.1. The molecule has 0 saturated carbocycles. The predicted octanol–water partition coefficient (Wildman–Crippen LogP) is 3.77. The highest BCUT2D eigenvalue weighted by Gasteiger charge is 2.19. The van der Waals surface area contributed by atoms with Crippen molar-refractivity contribution in [2.45, 2.75) is 0 Å². The van der Waals surface area contributed by atoms with Crippen molar-refractivity contribution in [3.05, 3.63) is 53.9 Å². The van der Waals surface area contributed by atoms with Crippen LogP contribution in [0.25, 0.3) is 16.3 Å². The molecule has 29 heavy (non-hydrogen) atoms. The fourth-order valence-corrected chi connectivity index (χ4v) is 3.90. The molecule has 6 nitrogen and oxygen atoms in total. The van der Waals surface area contributed by atoms with Crippen molar-refractivity contribution in [1.29, 1.82) is 0 Å². The number of fused-ring (bicyclic) bond motifs is 2. The molecule has 0 radical (unpaired) electrons. The second-order valence-corrected chi connectivity index (χ2v) is 7.83. The summed E-state index contributed by atoms with van der Waals surface area (Å²) in [5, 5.41) is 0.479. The molecule has 8 heteroatoms. The van der Waals surface area contributed by atoms with E-state index >= 15 is 0 Å². The third-order valence-corrected chi connectivity index (χ3v) is 5.48. The molecule has 0 N–H and O–H groups in total. The Labute approximate surface area is 171 Å². The van der Waals surface area contributed by atoms with Gasteiger partial charge in [-0.25, -0.2) is 9.37 Å². The molecule has 1 aliphatic rings. The van der Waals surface area contributed by atoms with Gasteiger partial charge in [-0.15, -0.1) is 0 Å². The van der Waals surface area contributed by atoms with Gasteiger partial charge < -0.3 is 14.4 Å². The monoisotopic (exact) mass is 413 g/mol. The summed E-state index contributed by atoms with van der Waals surface area (Å²) in [6, 6.07) is 10.3. The fourth-order valence-electron chi connectivity index (χ4n) is 2.89. The van der Waals surface area contributed by atoms with Crippen LogP contribution in [0.1, 0.15) is 5.56 Å². The number of benzene rings is 2. The summed E-state index contributed by atoms with van der Waals surface area (Å²) >= 11 is 1.30. The first-order chi connectivity index (χ1) is 14.0. The van der Waals surface area contributed by atoms with Crippen LogP contribution in [0.2, 0.25) is 0 Å². The molecule has 0 saturated heterocycles. The second-order valence-electron chi connectivity index (χ2n) is 6.82. The van der Waals surface area contributed by atoms with Crippen LogP contribution in [0.5, 0.6) is 11.5 Å². The normalized spacial score (nSPS) is 13.0. The smallest absolute Gasteiger partial charge is 0.252 e. The van der Waals surface area contributed by atoms with Crippen molar-refractivity contribution in [1.82, 2.24) is 9.88 Å². The summed E-state index contributed by atoms with van der Waals surface area (Å²) in [5.74, 6) is 0.744. The molecule has 0 bridgehead atoms. The van der Waals surface area contributed by atoms with Crippen LogP contribution in [0.3, 0.4) is 0 Å². The lowest BCUT2D eigenvalue weighted by atomic mass is 10.2. The van der Waals surface area contributed by atoms with Crippen molar-refractivity contribution in [3.8, 4) is 11.5 Å². The van der Waals surface area contributed by atoms with Gasteiger partial charge in [-0.2, -0.15) is 0 Å². The minimum atomic E-state index is -0.388. The Morgan fingerprint density at radius 1 is 1.21 bits per heavy atom. The molecule has 0 unspecified atom stereocenters. The number of likely N-dealkylation sites (N-methyl/N-ethyl adjacent to an activating group) is 1. The number of aromatic nitrogens is 1. The van der Waals surface area contributed by atoms with E-state index in [1.54, 1.807) is 23.1 Å². The van der Waals surface area contributed by atoms with Crippen molar-refractivity contribution < 1.29 is 18.7 Å². The Morgan fingerprint density at radius 2 is 2.03 bits per heavy atom. The van der Waals surface area contributed by atoms with Gasteiger partial charge in [-0.1, -0.05) is 23.5 Å². The number of anilines is 1.